The molecule has 0 radical (unpaired) electrons. The highest BCUT2D eigenvalue weighted by molar-refractivity contribution is 5.66. The first kappa shape index (κ1) is 22.6. The monoisotopic (exact) mass is 456 g/mol. The number of fused-ring (bicyclic) bond motifs is 7. The van der Waals surface area contributed by atoms with Crippen LogP contribution >= 0.6 is 0 Å². The molecule has 4 heteroatoms. The average molecular weight is 457 g/mol. The summed E-state index contributed by atoms with van der Waals surface area (Å²) in [6.45, 7) is 12.3. The minimum Gasteiger partial charge on any atom is -0.462 e. The number of esters is 1. The van der Waals surface area contributed by atoms with Crippen molar-refractivity contribution >= 4 is 5.97 Å². The van der Waals surface area contributed by atoms with Gasteiger partial charge in [-0.25, -0.2) is 0 Å². The van der Waals surface area contributed by atoms with Crippen LogP contribution in [-0.4, -0.2) is 30.6 Å². The fourth-order valence-electron chi connectivity index (χ4n) is 9.98. The summed E-state index contributed by atoms with van der Waals surface area (Å²) >= 11 is 0. The van der Waals surface area contributed by atoms with Crippen LogP contribution in [0.2, 0.25) is 0 Å². The molecule has 6 rings (SSSR count). The highest BCUT2D eigenvalue weighted by Crippen LogP contribution is 2.70. The summed E-state index contributed by atoms with van der Waals surface area (Å²) in [5, 5.41) is 0. The lowest BCUT2D eigenvalue weighted by atomic mass is 9.47. The van der Waals surface area contributed by atoms with Gasteiger partial charge < -0.3 is 14.2 Å². The molecule has 4 nitrogen and oxygen atoms in total. The summed E-state index contributed by atoms with van der Waals surface area (Å²) in [6, 6.07) is 0. The van der Waals surface area contributed by atoms with Crippen molar-refractivity contribution in [1.82, 2.24) is 0 Å². The van der Waals surface area contributed by atoms with Gasteiger partial charge in [-0.2, -0.15) is 0 Å². The Hall–Kier alpha value is -0.870. The van der Waals surface area contributed by atoms with Gasteiger partial charge in [0.15, 0.2) is 5.79 Å². The van der Waals surface area contributed by atoms with Crippen molar-refractivity contribution in [2.45, 2.75) is 110 Å². The van der Waals surface area contributed by atoms with Gasteiger partial charge in [0.25, 0.3) is 0 Å². The summed E-state index contributed by atoms with van der Waals surface area (Å²) in [5.41, 5.74) is 2.24. The van der Waals surface area contributed by atoms with Gasteiger partial charge >= 0.3 is 5.97 Å². The third kappa shape index (κ3) is 3.18. The molecule has 0 aromatic rings. The van der Waals surface area contributed by atoms with Crippen LogP contribution in [0.25, 0.3) is 0 Å². The first-order valence-corrected chi connectivity index (χ1v) is 13.8. The number of hydrogen-bond donors (Lipinski definition) is 0. The Morgan fingerprint density at radius 3 is 2.64 bits per heavy atom. The summed E-state index contributed by atoms with van der Waals surface area (Å²) in [6.07, 6.45) is 13.6. The molecule has 0 aromatic carbocycles. The Labute approximate surface area is 200 Å². The van der Waals surface area contributed by atoms with E-state index in [2.05, 4.69) is 33.8 Å². The Bertz CT molecular complexity index is 841. The number of carbonyl (C=O) groups excluding carboxylic acids is 1. The molecule has 1 unspecified atom stereocenters. The SMILES string of the molecule is CC(=O)O[C@H]1CC[C@@]2(C)C(=CC[C@@H]3[C@@H]2CC[C@]2(C)C4[C@H](C[C@@H]32)O[C@]2(CC[C@@H](C)CO2)[C@H]4C)C1. The molecule has 2 aliphatic heterocycles. The van der Waals surface area contributed by atoms with Crippen LogP contribution in [-0.2, 0) is 19.0 Å². The van der Waals surface area contributed by atoms with Crippen LogP contribution < -0.4 is 0 Å². The smallest absolute Gasteiger partial charge is 0.302 e. The summed E-state index contributed by atoms with van der Waals surface area (Å²) in [7, 11) is 0. The molecule has 11 atom stereocenters. The minimum absolute atomic E-state index is 0.0849. The molecule has 4 aliphatic carbocycles. The Balaban J connectivity index is 1.24. The Morgan fingerprint density at radius 2 is 1.91 bits per heavy atom. The third-order valence-electron chi connectivity index (χ3n) is 11.7. The van der Waals surface area contributed by atoms with Crippen LogP contribution in [0.5, 0.6) is 0 Å². The second-order valence-corrected chi connectivity index (χ2v) is 13.3. The predicted molar refractivity (Wildman–Crippen MR) is 127 cm³/mol. The van der Waals surface area contributed by atoms with E-state index in [1.54, 1.807) is 12.5 Å². The molecule has 3 saturated carbocycles. The minimum atomic E-state index is -0.312. The van der Waals surface area contributed by atoms with Gasteiger partial charge in [0.05, 0.1) is 12.7 Å². The van der Waals surface area contributed by atoms with Gasteiger partial charge in [0.2, 0.25) is 0 Å². The van der Waals surface area contributed by atoms with Gasteiger partial charge in [-0.05, 0) is 85.4 Å². The standard InChI is InChI=1S/C29H44O4/c1-17-8-13-29(31-16-17)18(2)26-25(33-29)15-24-22-7-6-20-14-21(32-19(3)30)9-11-27(20,4)23(22)10-12-28(24,26)5/h6,17-18,21-26H,7-16H2,1-5H3/t17-,18+,21+,22-,23+,24+,25+,26?,27+,28+,29-/m1/s1. The maximum absolute atomic E-state index is 11.5. The van der Waals surface area contributed by atoms with Gasteiger partial charge in [-0.1, -0.05) is 39.3 Å². The topological polar surface area (TPSA) is 44.8 Å². The van der Waals surface area contributed by atoms with Crippen LogP contribution in [0.15, 0.2) is 11.6 Å². The van der Waals surface area contributed by atoms with Crippen LogP contribution in [0, 0.1) is 46.3 Å². The third-order valence-corrected chi connectivity index (χ3v) is 11.7. The second kappa shape index (κ2) is 7.56. The molecule has 0 N–H and O–H groups in total. The molecule has 6 aliphatic rings. The second-order valence-electron chi connectivity index (χ2n) is 13.3. The van der Waals surface area contributed by atoms with Crippen molar-refractivity contribution in [2.75, 3.05) is 6.61 Å². The number of rotatable bonds is 1. The average Bonchev–Trinajstić information content (AvgIpc) is 3.21. The van der Waals surface area contributed by atoms with Crippen molar-refractivity contribution in [2.24, 2.45) is 46.3 Å². The first-order valence-electron chi connectivity index (χ1n) is 13.8. The van der Waals surface area contributed by atoms with Crippen molar-refractivity contribution in [1.29, 1.82) is 0 Å². The molecule has 0 amide bonds. The molecular formula is C29H44O4. The highest BCUT2D eigenvalue weighted by Gasteiger charge is 2.68. The number of carbonyl (C=O) groups is 1. The van der Waals surface area contributed by atoms with Gasteiger partial charge in [0.1, 0.15) is 6.10 Å². The van der Waals surface area contributed by atoms with E-state index in [1.165, 1.54) is 32.1 Å². The van der Waals surface area contributed by atoms with Crippen molar-refractivity contribution < 1.29 is 19.0 Å². The largest absolute Gasteiger partial charge is 0.462 e. The van der Waals surface area contributed by atoms with Gasteiger partial charge in [0, 0.05) is 25.7 Å². The molecule has 0 bridgehead atoms. The molecule has 33 heavy (non-hydrogen) atoms. The lowest BCUT2D eigenvalue weighted by molar-refractivity contribution is -0.272. The number of allylic oxidation sites excluding steroid dienone is 1. The van der Waals surface area contributed by atoms with E-state index < -0.39 is 0 Å². The van der Waals surface area contributed by atoms with Crippen LogP contribution in [0.3, 0.4) is 0 Å². The Morgan fingerprint density at radius 1 is 1.09 bits per heavy atom. The fourth-order valence-corrected chi connectivity index (χ4v) is 9.98. The lowest BCUT2D eigenvalue weighted by Gasteiger charge is -2.58. The maximum Gasteiger partial charge on any atom is 0.302 e. The van der Waals surface area contributed by atoms with Crippen molar-refractivity contribution in [3.05, 3.63) is 11.6 Å². The summed E-state index contributed by atoms with van der Waals surface area (Å²) in [4.78, 5) is 11.5. The zero-order chi connectivity index (χ0) is 23.2. The number of hydrogen-bond acceptors (Lipinski definition) is 4. The molecular weight excluding hydrogens is 412 g/mol. The molecule has 5 fully saturated rings. The fraction of sp³-hybridized carbons (Fsp3) is 0.897. The Kier molecular flexibility index (Phi) is 5.18. The van der Waals surface area contributed by atoms with E-state index in [0.717, 1.165) is 50.0 Å². The van der Waals surface area contributed by atoms with E-state index in [1.807, 2.05) is 0 Å². The molecule has 184 valence electrons. The molecule has 0 aromatic heterocycles. The van der Waals surface area contributed by atoms with Gasteiger partial charge in [-0.3, -0.25) is 4.79 Å². The van der Waals surface area contributed by atoms with Crippen molar-refractivity contribution in [3.63, 3.8) is 0 Å². The van der Waals surface area contributed by atoms with Crippen molar-refractivity contribution in [3.8, 4) is 0 Å². The molecule has 2 saturated heterocycles. The zero-order valence-electron chi connectivity index (χ0n) is 21.4. The van der Waals surface area contributed by atoms with Crippen LogP contribution in [0.4, 0.5) is 0 Å². The van der Waals surface area contributed by atoms with E-state index in [-0.39, 0.29) is 23.3 Å². The number of ether oxygens (including phenoxy) is 3. The molecule has 1 spiro atoms. The lowest BCUT2D eigenvalue weighted by Crippen LogP contribution is -2.52. The van der Waals surface area contributed by atoms with E-state index in [9.17, 15) is 4.79 Å². The zero-order valence-corrected chi connectivity index (χ0v) is 21.4. The van der Waals surface area contributed by atoms with E-state index in [0.29, 0.717) is 29.3 Å². The van der Waals surface area contributed by atoms with E-state index >= 15 is 0 Å². The van der Waals surface area contributed by atoms with E-state index in [4.69, 9.17) is 14.2 Å². The van der Waals surface area contributed by atoms with Crippen LogP contribution in [0.1, 0.15) is 92.4 Å². The maximum atomic E-state index is 11.5. The summed E-state index contributed by atoms with van der Waals surface area (Å²) < 4.78 is 19.0. The van der Waals surface area contributed by atoms with Gasteiger partial charge in [-0.15, -0.1) is 0 Å². The molecule has 2 heterocycles. The predicted octanol–water partition coefficient (Wildman–Crippen LogP) is 6.28. The normalized spacial score (nSPS) is 55.2. The highest BCUT2D eigenvalue weighted by atomic mass is 16.7. The quantitative estimate of drug-likeness (QED) is 0.344. The summed E-state index contributed by atoms with van der Waals surface area (Å²) in [5.74, 6) is 3.64. The first-order chi connectivity index (χ1) is 15.7.